The van der Waals surface area contributed by atoms with Crippen molar-refractivity contribution in [2.24, 2.45) is 11.8 Å². The number of hydrogen-bond donors (Lipinski definition) is 0. The molecule has 1 aliphatic heterocycles. The largest absolute Gasteiger partial charge is 0.458 e. The molecule has 23 heavy (non-hydrogen) atoms. The lowest BCUT2D eigenvalue weighted by molar-refractivity contribution is -0.152. The van der Waals surface area contributed by atoms with Crippen LogP contribution < -0.4 is 0 Å². The van der Waals surface area contributed by atoms with Gasteiger partial charge >= 0.3 is 5.97 Å². The molecule has 3 atom stereocenters. The molecule has 0 amide bonds. The van der Waals surface area contributed by atoms with Crippen LogP contribution in [0.15, 0.2) is 11.1 Å². The van der Waals surface area contributed by atoms with Crippen molar-refractivity contribution < 1.29 is 9.53 Å². The Kier molecular flexibility index (Phi) is 5.45. The van der Waals surface area contributed by atoms with Gasteiger partial charge in [-0.2, -0.15) is 0 Å². The number of hydrogen-bond acceptors (Lipinski definition) is 3. The first-order valence-electron chi connectivity index (χ1n) is 9.75. The van der Waals surface area contributed by atoms with E-state index in [1.165, 1.54) is 63.6 Å². The summed E-state index contributed by atoms with van der Waals surface area (Å²) in [6, 6.07) is 0.752. The Morgan fingerprint density at radius 3 is 2.83 bits per heavy atom. The Morgan fingerprint density at radius 1 is 1.26 bits per heavy atom. The van der Waals surface area contributed by atoms with Crippen LogP contribution in [0.3, 0.4) is 0 Å². The molecule has 0 saturated carbocycles. The van der Waals surface area contributed by atoms with Crippen LogP contribution in [-0.4, -0.2) is 36.1 Å². The Morgan fingerprint density at radius 2 is 2.09 bits per heavy atom. The number of esters is 1. The lowest BCUT2D eigenvalue weighted by Crippen LogP contribution is -2.48. The van der Waals surface area contributed by atoms with Gasteiger partial charge in [0.15, 0.2) is 0 Å². The molecule has 0 aromatic heterocycles. The highest BCUT2D eigenvalue weighted by atomic mass is 16.5. The molecule has 1 heterocycles. The summed E-state index contributed by atoms with van der Waals surface area (Å²) < 4.78 is 5.87. The van der Waals surface area contributed by atoms with Crippen LogP contribution in [0.5, 0.6) is 0 Å². The molecule has 3 nitrogen and oxygen atoms in total. The molecule has 3 heteroatoms. The fourth-order valence-electron chi connectivity index (χ4n) is 4.83. The predicted molar refractivity (Wildman–Crippen MR) is 93.2 cm³/mol. The zero-order chi connectivity index (χ0) is 16.4. The molecule has 2 aliphatic carbocycles. The molecular formula is C20H33NO2. The van der Waals surface area contributed by atoms with Crippen LogP contribution >= 0.6 is 0 Å². The van der Waals surface area contributed by atoms with E-state index in [2.05, 4.69) is 11.8 Å². The lowest BCUT2D eigenvalue weighted by Gasteiger charge is -2.47. The molecule has 1 fully saturated rings. The summed E-state index contributed by atoms with van der Waals surface area (Å²) >= 11 is 0. The maximum Gasteiger partial charge on any atom is 0.308 e. The smallest absolute Gasteiger partial charge is 0.308 e. The zero-order valence-corrected chi connectivity index (χ0v) is 15.1. The van der Waals surface area contributed by atoms with E-state index in [1.54, 1.807) is 5.57 Å². The van der Waals surface area contributed by atoms with Gasteiger partial charge in [-0.1, -0.05) is 26.3 Å². The van der Waals surface area contributed by atoms with Gasteiger partial charge in [0.1, 0.15) is 6.10 Å². The van der Waals surface area contributed by atoms with E-state index in [4.69, 9.17) is 4.74 Å². The minimum absolute atomic E-state index is 0.0213. The maximum absolute atomic E-state index is 12.1. The number of nitrogens with zero attached hydrogens (tertiary/aromatic N) is 1. The van der Waals surface area contributed by atoms with Crippen molar-refractivity contribution in [3.8, 4) is 0 Å². The van der Waals surface area contributed by atoms with Gasteiger partial charge in [0, 0.05) is 6.04 Å². The predicted octanol–water partition coefficient (Wildman–Crippen LogP) is 4.32. The van der Waals surface area contributed by atoms with Gasteiger partial charge in [-0.05, 0) is 75.9 Å². The van der Waals surface area contributed by atoms with Gasteiger partial charge in [0.05, 0.1) is 5.92 Å². The minimum atomic E-state index is -0.0258. The highest BCUT2D eigenvalue weighted by Gasteiger charge is 2.39. The van der Waals surface area contributed by atoms with Crippen molar-refractivity contribution in [1.82, 2.24) is 4.90 Å². The molecule has 1 unspecified atom stereocenters. The summed E-state index contributed by atoms with van der Waals surface area (Å²) in [5, 5.41) is 0. The van der Waals surface area contributed by atoms with E-state index in [0.29, 0.717) is 0 Å². The number of fused-ring (bicyclic) bond motifs is 1. The summed E-state index contributed by atoms with van der Waals surface area (Å²) in [5.41, 5.74) is 3.13. The van der Waals surface area contributed by atoms with Gasteiger partial charge in [0.25, 0.3) is 0 Å². The van der Waals surface area contributed by atoms with Gasteiger partial charge < -0.3 is 4.74 Å². The lowest BCUT2D eigenvalue weighted by atomic mass is 9.70. The molecule has 0 aromatic rings. The maximum atomic E-state index is 12.1. The number of ether oxygens (including phenoxy) is 1. The Bertz CT molecular complexity index is 466. The van der Waals surface area contributed by atoms with Crippen molar-refractivity contribution in [3.05, 3.63) is 11.1 Å². The molecule has 0 bridgehead atoms. The average molecular weight is 319 g/mol. The summed E-state index contributed by atoms with van der Waals surface area (Å²) in [4.78, 5) is 14.8. The Balaban J connectivity index is 1.75. The molecule has 1 saturated heterocycles. The van der Waals surface area contributed by atoms with Gasteiger partial charge in [-0.25, -0.2) is 0 Å². The number of carbonyl (C=O) groups excluding carboxylic acids is 1. The van der Waals surface area contributed by atoms with Crippen LogP contribution in [-0.2, 0) is 9.53 Å². The Hall–Kier alpha value is -0.830. The number of likely N-dealkylation sites (tertiary alicyclic amines) is 1. The van der Waals surface area contributed by atoms with Crippen molar-refractivity contribution in [2.75, 3.05) is 13.1 Å². The highest BCUT2D eigenvalue weighted by Crippen LogP contribution is 2.44. The number of rotatable bonds is 4. The van der Waals surface area contributed by atoms with E-state index in [9.17, 15) is 4.79 Å². The number of piperidine rings is 1. The fraction of sp³-hybridized carbons (Fsp3) is 0.850. The quantitative estimate of drug-likeness (QED) is 0.571. The third-order valence-electron chi connectivity index (χ3n) is 6.00. The minimum Gasteiger partial charge on any atom is -0.458 e. The normalized spacial score (nSPS) is 31.7. The second kappa shape index (κ2) is 7.38. The molecule has 3 rings (SSSR count). The van der Waals surface area contributed by atoms with E-state index in [1.807, 2.05) is 13.8 Å². The second-order valence-corrected chi connectivity index (χ2v) is 8.02. The standard InChI is InChI=1S/C20H33NO2/c1-4-10-21-11-6-8-16-12-17-15(13-18(16)21)7-5-9-19(17)23-20(22)14(2)3/h14,16,18-19H,4-13H2,1-3H3/t16-,18-,19?/m1/s1. The van der Waals surface area contributed by atoms with E-state index in [0.717, 1.165) is 18.4 Å². The number of carbonyl (C=O) groups is 1. The van der Waals surface area contributed by atoms with E-state index in [-0.39, 0.29) is 18.0 Å². The zero-order valence-electron chi connectivity index (χ0n) is 15.1. The van der Waals surface area contributed by atoms with Gasteiger partial charge in [-0.3, -0.25) is 9.69 Å². The summed E-state index contributed by atoms with van der Waals surface area (Å²) in [5.74, 6) is 0.738. The topological polar surface area (TPSA) is 29.5 Å². The summed E-state index contributed by atoms with van der Waals surface area (Å²) in [6.45, 7) is 8.68. The third kappa shape index (κ3) is 3.65. The van der Waals surface area contributed by atoms with Crippen molar-refractivity contribution in [3.63, 3.8) is 0 Å². The van der Waals surface area contributed by atoms with Crippen molar-refractivity contribution in [1.29, 1.82) is 0 Å². The van der Waals surface area contributed by atoms with Crippen molar-refractivity contribution in [2.45, 2.75) is 84.3 Å². The second-order valence-electron chi connectivity index (χ2n) is 8.02. The molecule has 0 aromatic carbocycles. The fourth-order valence-corrected chi connectivity index (χ4v) is 4.83. The van der Waals surface area contributed by atoms with Crippen LogP contribution in [0, 0.1) is 11.8 Å². The third-order valence-corrected chi connectivity index (χ3v) is 6.00. The van der Waals surface area contributed by atoms with Crippen LogP contribution in [0.1, 0.15) is 72.1 Å². The molecule has 130 valence electrons. The molecule has 3 aliphatic rings. The van der Waals surface area contributed by atoms with Crippen LogP contribution in [0.4, 0.5) is 0 Å². The average Bonchev–Trinajstić information content (AvgIpc) is 2.54. The highest BCUT2D eigenvalue weighted by molar-refractivity contribution is 5.72. The van der Waals surface area contributed by atoms with Crippen molar-refractivity contribution >= 4 is 5.97 Å². The first-order valence-corrected chi connectivity index (χ1v) is 9.75. The first kappa shape index (κ1) is 17.0. The molecule has 0 radical (unpaired) electrons. The van der Waals surface area contributed by atoms with E-state index >= 15 is 0 Å². The summed E-state index contributed by atoms with van der Waals surface area (Å²) in [7, 11) is 0. The molecular weight excluding hydrogens is 286 g/mol. The monoisotopic (exact) mass is 319 g/mol. The van der Waals surface area contributed by atoms with Crippen LogP contribution in [0.2, 0.25) is 0 Å². The summed E-state index contributed by atoms with van der Waals surface area (Å²) in [6.07, 6.45) is 9.88. The Labute approximate surface area is 141 Å². The van der Waals surface area contributed by atoms with Gasteiger partial charge in [0.2, 0.25) is 0 Å². The van der Waals surface area contributed by atoms with Gasteiger partial charge in [-0.15, -0.1) is 0 Å². The molecule has 0 spiro atoms. The van der Waals surface area contributed by atoms with E-state index < -0.39 is 0 Å². The SMILES string of the molecule is CCCN1CCC[C@@H]2CC3=C(CCCC3OC(=O)C(C)C)C[C@H]21. The first-order chi connectivity index (χ1) is 11.1. The van der Waals surface area contributed by atoms with Crippen LogP contribution in [0.25, 0.3) is 0 Å². The molecule has 0 N–H and O–H groups in total.